The molecule has 0 aliphatic heterocycles. The van der Waals surface area contributed by atoms with Gasteiger partial charge in [-0.1, -0.05) is 78.6 Å². The van der Waals surface area contributed by atoms with Crippen molar-refractivity contribution in [1.82, 2.24) is 0 Å². The Hall–Kier alpha value is -0.650. The molecule has 0 atom stereocenters. The van der Waals surface area contributed by atoms with E-state index in [0.29, 0.717) is 39.6 Å². The van der Waals surface area contributed by atoms with E-state index in [2.05, 4.69) is 27.7 Å². The standard InChI is InChI=1S/C25H50O5/c1-5-8-11-13-15-25(4,16-14-12-9-6-2)24(26)30-23-22-29-21-20-28-19-18-27-17-10-7-3/h5-23H2,1-4H3. The molecule has 0 aliphatic rings. The molecule has 0 aliphatic carbocycles. The topological polar surface area (TPSA) is 54.0 Å². The molecule has 0 radical (unpaired) electrons. The largest absolute Gasteiger partial charge is 0.463 e. The highest BCUT2D eigenvalue weighted by Crippen LogP contribution is 2.33. The molecule has 0 unspecified atom stereocenters. The van der Waals surface area contributed by atoms with Crippen molar-refractivity contribution in [3.8, 4) is 0 Å². The Morgan fingerprint density at radius 2 is 1.00 bits per heavy atom. The van der Waals surface area contributed by atoms with Crippen molar-refractivity contribution in [1.29, 1.82) is 0 Å². The smallest absolute Gasteiger partial charge is 0.311 e. The van der Waals surface area contributed by atoms with Crippen molar-refractivity contribution in [3.63, 3.8) is 0 Å². The van der Waals surface area contributed by atoms with Crippen molar-refractivity contribution in [3.05, 3.63) is 0 Å². The fraction of sp³-hybridized carbons (Fsp3) is 0.960. The Morgan fingerprint density at radius 1 is 0.567 bits per heavy atom. The summed E-state index contributed by atoms with van der Waals surface area (Å²) >= 11 is 0. The van der Waals surface area contributed by atoms with Crippen molar-refractivity contribution in [2.75, 3.05) is 46.2 Å². The average molecular weight is 431 g/mol. The van der Waals surface area contributed by atoms with E-state index in [4.69, 9.17) is 18.9 Å². The highest BCUT2D eigenvalue weighted by molar-refractivity contribution is 5.76. The van der Waals surface area contributed by atoms with Crippen LogP contribution < -0.4 is 0 Å². The Balaban J connectivity index is 3.93. The first-order valence-corrected chi connectivity index (χ1v) is 12.5. The van der Waals surface area contributed by atoms with Gasteiger partial charge in [0.1, 0.15) is 6.61 Å². The molecule has 5 nitrogen and oxygen atoms in total. The number of hydrogen-bond acceptors (Lipinski definition) is 5. The Morgan fingerprint density at radius 3 is 1.47 bits per heavy atom. The third-order valence-electron chi connectivity index (χ3n) is 5.50. The number of esters is 1. The maximum absolute atomic E-state index is 12.8. The third-order valence-corrected chi connectivity index (χ3v) is 5.50. The van der Waals surface area contributed by atoms with E-state index in [0.717, 1.165) is 45.1 Å². The molecule has 5 heteroatoms. The summed E-state index contributed by atoms with van der Waals surface area (Å²) in [6.07, 6.45) is 13.6. The van der Waals surface area contributed by atoms with Crippen LogP contribution in [0.5, 0.6) is 0 Å². The zero-order valence-corrected chi connectivity index (χ0v) is 20.5. The maximum atomic E-state index is 12.8. The van der Waals surface area contributed by atoms with Gasteiger partial charge >= 0.3 is 5.97 Å². The number of carbonyl (C=O) groups is 1. The molecule has 0 spiro atoms. The summed E-state index contributed by atoms with van der Waals surface area (Å²) in [5, 5.41) is 0. The SMILES string of the molecule is CCCCCCC(C)(CCCCCC)C(=O)OCCOCCOCCOCCCC. The maximum Gasteiger partial charge on any atom is 0.311 e. The lowest BCUT2D eigenvalue weighted by atomic mass is 9.79. The van der Waals surface area contributed by atoms with Crippen LogP contribution in [0, 0.1) is 5.41 Å². The monoisotopic (exact) mass is 430 g/mol. The molecule has 0 aromatic carbocycles. The van der Waals surface area contributed by atoms with Gasteiger partial charge in [-0.25, -0.2) is 0 Å². The van der Waals surface area contributed by atoms with Crippen LogP contribution in [0.1, 0.15) is 105 Å². The zero-order valence-electron chi connectivity index (χ0n) is 20.5. The molecule has 0 amide bonds. The molecule has 0 N–H and O–H groups in total. The molecule has 0 bridgehead atoms. The Bertz CT molecular complexity index is 361. The predicted octanol–water partition coefficient (Wildman–Crippen LogP) is 6.33. The van der Waals surface area contributed by atoms with E-state index in [-0.39, 0.29) is 11.4 Å². The number of hydrogen-bond donors (Lipinski definition) is 0. The molecule has 0 saturated heterocycles. The zero-order chi connectivity index (χ0) is 22.3. The number of unbranched alkanes of at least 4 members (excludes halogenated alkanes) is 7. The van der Waals surface area contributed by atoms with Gasteiger partial charge in [-0.15, -0.1) is 0 Å². The van der Waals surface area contributed by atoms with E-state index in [9.17, 15) is 4.79 Å². The molecule has 180 valence electrons. The van der Waals surface area contributed by atoms with Crippen LogP contribution in [0.25, 0.3) is 0 Å². The minimum absolute atomic E-state index is 0.0559. The fourth-order valence-electron chi connectivity index (χ4n) is 3.37. The van der Waals surface area contributed by atoms with Crippen molar-refractivity contribution < 1.29 is 23.7 Å². The summed E-state index contributed by atoms with van der Waals surface area (Å²) in [5.74, 6) is -0.0559. The summed E-state index contributed by atoms with van der Waals surface area (Å²) in [6, 6.07) is 0. The first-order chi connectivity index (χ1) is 14.6. The Labute approximate surface area is 186 Å². The normalized spacial score (nSPS) is 11.7. The van der Waals surface area contributed by atoms with Crippen LogP contribution in [0.4, 0.5) is 0 Å². The van der Waals surface area contributed by atoms with Crippen LogP contribution >= 0.6 is 0 Å². The molecule has 0 rings (SSSR count). The first-order valence-electron chi connectivity index (χ1n) is 12.5. The van der Waals surface area contributed by atoms with Gasteiger partial charge in [-0.05, 0) is 26.2 Å². The van der Waals surface area contributed by atoms with E-state index < -0.39 is 0 Å². The minimum Gasteiger partial charge on any atom is -0.463 e. The van der Waals surface area contributed by atoms with Crippen LogP contribution in [-0.4, -0.2) is 52.2 Å². The van der Waals surface area contributed by atoms with Crippen LogP contribution in [0.3, 0.4) is 0 Å². The van der Waals surface area contributed by atoms with E-state index in [1.54, 1.807) is 0 Å². The van der Waals surface area contributed by atoms with Gasteiger partial charge in [0.2, 0.25) is 0 Å². The predicted molar refractivity (Wildman–Crippen MR) is 124 cm³/mol. The van der Waals surface area contributed by atoms with Crippen LogP contribution in [-0.2, 0) is 23.7 Å². The second kappa shape index (κ2) is 21.6. The highest BCUT2D eigenvalue weighted by atomic mass is 16.6. The molecule has 0 saturated carbocycles. The summed E-state index contributed by atoms with van der Waals surface area (Å²) in [5.41, 5.74) is -0.359. The van der Waals surface area contributed by atoms with E-state index in [1.165, 1.54) is 38.5 Å². The van der Waals surface area contributed by atoms with E-state index in [1.807, 2.05) is 0 Å². The summed E-state index contributed by atoms with van der Waals surface area (Å²) in [7, 11) is 0. The molecule has 0 aromatic heterocycles. The molecular formula is C25H50O5. The van der Waals surface area contributed by atoms with Gasteiger partial charge in [-0.3, -0.25) is 4.79 Å². The lowest BCUT2D eigenvalue weighted by Gasteiger charge is -2.27. The van der Waals surface area contributed by atoms with Crippen molar-refractivity contribution >= 4 is 5.97 Å². The second-order valence-electron chi connectivity index (χ2n) is 8.51. The van der Waals surface area contributed by atoms with Crippen LogP contribution in [0.2, 0.25) is 0 Å². The second-order valence-corrected chi connectivity index (χ2v) is 8.51. The lowest BCUT2D eigenvalue weighted by molar-refractivity contribution is -0.157. The summed E-state index contributed by atoms with van der Waals surface area (Å²) in [6.45, 7) is 12.5. The average Bonchev–Trinajstić information content (AvgIpc) is 2.75. The van der Waals surface area contributed by atoms with Crippen molar-refractivity contribution in [2.45, 2.75) is 105 Å². The molecular weight excluding hydrogens is 380 g/mol. The quantitative estimate of drug-likeness (QED) is 0.140. The number of ether oxygens (including phenoxy) is 4. The summed E-state index contributed by atoms with van der Waals surface area (Å²) in [4.78, 5) is 12.8. The number of carbonyl (C=O) groups excluding carboxylic acids is 1. The van der Waals surface area contributed by atoms with Gasteiger partial charge in [0.15, 0.2) is 0 Å². The van der Waals surface area contributed by atoms with Gasteiger partial charge < -0.3 is 18.9 Å². The number of rotatable bonds is 23. The van der Waals surface area contributed by atoms with Gasteiger partial charge in [0.25, 0.3) is 0 Å². The van der Waals surface area contributed by atoms with Gasteiger partial charge in [0.05, 0.1) is 38.4 Å². The molecule has 0 fully saturated rings. The lowest BCUT2D eigenvalue weighted by Crippen LogP contribution is -2.31. The van der Waals surface area contributed by atoms with Crippen LogP contribution in [0.15, 0.2) is 0 Å². The minimum atomic E-state index is -0.359. The van der Waals surface area contributed by atoms with E-state index >= 15 is 0 Å². The highest BCUT2D eigenvalue weighted by Gasteiger charge is 2.33. The summed E-state index contributed by atoms with van der Waals surface area (Å²) < 4.78 is 22.0. The van der Waals surface area contributed by atoms with Gasteiger partial charge in [0, 0.05) is 6.61 Å². The molecule has 30 heavy (non-hydrogen) atoms. The fourth-order valence-corrected chi connectivity index (χ4v) is 3.37. The molecule has 0 aromatic rings. The van der Waals surface area contributed by atoms with Gasteiger partial charge in [-0.2, -0.15) is 0 Å². The molecule has 0 heterocycles. The van der Waals surface area contributed by atoms with Crippen molar-refractivity contribution in [2.24, 2.45) is 5.41 Å². The Kier molecular flexibility index (Phi) is 21.1. The first kappa shape index (κ1) is 29.4. The third kappa shape index (κ3) is 17.1.